The maximum absolute atomic E-state index is 13.1. The van der Waals surface area contributed by atoms with Gasteiger partial charge in [0.15, 0.2) is 0 Å². The van der Waals surface area contributed by atoms with E-state index in [0.29, 0.717) is 31.1 Å². The zero-order valence-electron chi connectivity index (χ0n) is 17.5. The number of aliphatic hydroxyl groups excluding tert-OH is 1. The molecule has 7 heteroatoms. The van der Waals surface area contributed by atoms with Crippen molar-refractivity contribution in [1.29, 1.82) is 0 Å². The van der Waals surface area contributed by atoms with Gasteiger partial charge in [-0.1, -0.05) is 40.7 Å². The summed E-state index contributed by atoms with van der Waals surface area (Å²) in [6.07, 6.45) is 3.29. The van der Waals surface area contributed by atoms with Crippen molar-refractivity contribution in [3.63, 3.8) is 0 Å². The predicted octanol–water partition coefficient (Wildman–Crippen LogP) is 4.61. The number of amides is 1. The Bertz CT molecular complexity index is 1040. The largest absolute Gasteiger partial charge is 0.507 e. The van der Waals surface area contributed by atoms with Crippen LogP contribution in [0, 0.1) is 0 Å². The fourth-order valence-electron chi connectivity index (χ4n) is 4.09. The van der Waals surface area contributed by atoms with E-state index in [1.165, 1.54) is 4.90 Å². The molecule has 2 aromatic carbocycles. The Kier molecular flexibility index (Phi) is 6.77. The summed E-state index contributed by atoms with van der Waals surface area (Å²) in [5.74, 6) is -0.910. The first kappa shape index (κ1) is 22.3. The smallest absolute Gasteiger partial charge is 0.295 e. The lowest BCUT2D eigenvalue weighted by Gasteiger charge is -2.27. The Morgan fingerprint density at radius 3 is 2.53 bits per heavy atom. The Morgan fingerprint density at radius 2 is 1.91 bits per heavy atom. The van der Waals surface area contributed by atoms with Crippen molar-refractivity contribution in [1.82, 2.24) is 4.90 Å². The zero-order valence-corrected chi connectivity index (χ0v) is 19.1. The van der Waals surface area contributed by atoms with E-state index in [0.717, 1.165) is 22.9 Å². The third kappa shape index (κ3) is 4.49. The molecule has 2 fully saturated rings. The van der Waals surface area contributed by atoms with E-state index in [4.69, 9.17) is 9.47 Å². The van der Waals surface area contributed by atoms with Crippen LogP contribution in [0.1, 0.15) is 30.0 Å². The van der Waals surface area contributed by atoms with E-state index in [1.807, 2.05) is 24.3 Å². The third-order valence-corrected chi connectivity index (χ3v) is 6.17. The lowest BCUT2D eigenvalue weighted by atomic mass is 9.95. The first-order valence-corrected chi connectivity index (χ1v) is 11.3. The van der Waals surface area contributed by atoms with Gasteiger partial charge in [-0.3, -0.25) is 9.59 Å². The molecule has 2 saturated heterocycles. The summed E-state index contributed by atoms with van der Waals surface area (Å²) in [6.45, 7) is 4.93. The second kappa shape index (κ2) is 9.71. The number of aliphatic hydroxyl groups is 1. The molecule has 0 spiro atoms. The molecule has 6 nitrogen and oxygen atoms in total. The number of halogens is 1. The summed E-state index contributed by atoms with van der Waals surface area (Å²) in [7, 11) is 0. The number of hydrogen-bond donors (Lipinski definition) is 1. The summed E-state index contributed by atoms with van der Waals surface area (Å²) in [6, 6.07) is 13.5. The number of carbonyl (C=O) groups excluding carboxylic acids is 2. The van der Waals surface area contributed by atoms with E-state index >= 15 is 0 Å². The van der Waals surface area contributed by atoms with Gasteiger partial charge < -0.3 is 19.5 Å². The van der Waals surface area contributed by atoms with E-state index in [1.54, 1.807) is 30.3 Å². The number of benzene rings is 2. The molecule has 2 aromatic rings. The monoisotopic (exact) mass is 497 g/mol. The molecule has 2 heterocycles. The van der Waals surface area contributed by atoms with Crippen molar-refractivity contribution >= 4 is 33.4 Å². The minimum atomic E-state index is -0.694. The predicted molar refractivity (Wildman–Crippen MR) is 124 cm³/mol. The van der Waals surface area contributed by atoms with Gasteiger partial charge in [0.05, 0.1) is 17.7 Å². The number of rotatable bonds is 7. The van der Waals surface area contributed by atoms with Crippen LogP contribution in [-0.2, 0) is 14.3 Å². The topological polar surface area (TPSA) is 76.1 Å². The number of ketones is 1. The van der Waals surface area contributed by atoms with E-state index in [9.17, 15) is 14.7 Å². The fraction of sp³-hybridized carbons (Fsp3) is 0.280. The Labute approximate surface area is 195 Å². The molecule has 0 radical (unpaired) electrons. The van der Waals surface area contributed by atoms with Gasteiger partial charge in [-0.15, -0.1) is 0 Å². The van der Waals surface area contributed by atoms with Gasteiger partial charge in [0.1, 0.15) is 18.1 Å². The van der Waals surface area contributed by atoms with E-state index in [-0.39, 0.29) is 17.4 Å². The highest BCUT2D eigenvalue weighted by Crippen LogP contribution is 2.40. The maximum Gasteiger partial charge on any atom is 0.295 e. The highest BCUT2D eigenvalue weighted by atomic mass is 79.9. The van der Waals surface area contributed by atoms with Crippen LogP contribution in [0.5, 0.6) is 5.75 Å². The summed E-state index contributed by atoms with van der Waals surface area (Å²) < 4.78 is 12.1. The highest BCUT2D eigenvalue weighted by Gasteiger charge is 2.47. The average molecular weight is 498 g/mol. The number of Topliss-reactive ketones (excluding diaryl/α,β-unsaturated/α-hetero) is 1. The number of hydrogen-bond acceptors (Lipinski definition) is 5. The summed E-state index contributed by atoms with van der Waals surface area (Å²) in [5.41, 5.74) is 1.26. The first-order valence-electron chi connectivity index (χ1n) is 10.5. The van der Waals surface area contributed by atoms with Gasteiger partial charge >= 0.3 is 0 Å². The molecule has 0 aliphatic carbocycles. The van der Waals surface area contributed by atoms with Crippen molar-refractivity contribution in [2.75, 3.05) is 19.8 Å². The van der Waals surface area contributed by atoms with Crippen molar-refractivity contribution < 1.29 is 24.2 Å². The molecule has 1 amide bonds. The Morgan fingerprint density at radius 1 is 1.19 bits per heavy atom. The van der Waals surface area contributed by atoms with Gasteiger partial charge in [-0.25, -0.2) is 0 Å². The van der Waals surface area contributed by atoms with Crippen LogP contribution in [-0.4, -0.2) is 47.6 Å². The Hall–Kier alpha value is -2.90. The molecule has 32 heavy (non-hydrogen) atoms. The molecule has 2 aliphatic heterocycles. The van der Waals surface area contributed by atoms with Crippen LogP contribution in [0.4, 0.5) is 0 Å². The van der Waals surface area contributed by atoms with Crippen molar-refractivity contribution in [3.05, 3.63) is 82.4 Å². The quantitative estimate of drug-likeness (QED) is 0.261. The molecule has 1 N–H and O–H groups in total. The summed E-state index contributed by atoms with van der Waals surface area (Å²) >= 11 is 3.42. The molecule has 166 valence electrons. The van der Waals surface area contributed by atoms with Crippen LogP contribution >= 0.6 is 15.9 Å². The van der Waals surface area contributed by atoms with E-state index < -0.39 is 17.7 Å². The standard InChI is InChI=1S/C25H24BrNO5/c1-2-13-31-19-11-7-17(8-12-19)23(28)21-22(16-5-9-18(26)10-6-16)27(25(30)24(21)29)15-20-4-3-14-32-20/h2,5-12,20,22,28H,1,3-4,13-15H2/t20-,22-/m0/s1. The van der Waals surface area contributed by atoms with Gasteiger partial charge in [0, 0.05) is 23.2 Å². The summed E-state index contributed by atoms with van der Waals surface area (Å²) in [4.78, 5) is 27.6. The third-order valence-electron chi connectivity index (χ3n) is 5.65. The minimum absolute atomic E-state index is 0.0788. The molecular formula is C25H24BrNO5. The lowest BCUT2D eigenvalue weighted by molar-refractivity contribution is -0.140. The van der Waals surface area contributed by atoms with Crippen LogP contribution in [0.3, 0.4) is 0 Å². The SMILES string of the molecule is C=CCOc1ccc(C(O)=C2C(=O)C(=O)N(C[C@@H]3CCCO3)[C@H]2c2ccc(Br)cc2)cc1. The number of likely N-dealkylation sites (tertiary alicyclic amines) is 1. The number of nitrogens with zero attached hydrogens (tertiary/aromatic N) is 1. The second-order valence-corrected chi connectivity index (χ2v) is 8.68. The van der Waals surface area contributed by atoms with Crippen LogP contribution in [0.2, 0.25) is 0 Å². The lowest BCUT2D eigenvalue weighted by Crippen LogP contribution is -2.36. The van der Waals surface area contributed by atoms with Gasteiger partial charge in [-0.05, 0) is 54.8 Å². The zero-order chi connectivity index (χ0) is 22.7. The van der Waals surface area contributed by atoms with Gasteiger partial charge in [0.2, 0.25) is 0 Å². The van der Waals surface area contributed by atoms with Crippen molar-refractivity contribution in [3.8, 4) is 5.75 Å². The van der Waals surface area contributed by atoms with Crippen molar-refractivity contribution in [2.24, 2.45) is 0 Å². The van der Waals surface area contributed by atoms with Crippen molar-refractivity contribution in [2.45, 2.75) is 25.0 Å². The highest BCUT2D eigenvalue weighted by molar-refractivity contribution is 9.10. The molecule has 0 unspecified atom stereocenters. The Balaban J connectivity index is 1.74. The van der Waals surface area contributed by atoms with E-state index in [2.05, 4.69) is 22.5 Å². The fourth-order valence-corrected chi connectivity index (χ4v) is 4.35. The van der Waals surface area contributed by atoms with Crippen LogP contribution in [0.25, 0.3) is 5.76 Å². The van der Waals surface area contributed by atoms with Gasteiger partial charge in [0.25, 0.3) is 11.7 Å². The molecular weight excluding hydrogens is 474 g/mol. The molecule has 0 aromatic heterocycles. The second-order valence-electron chi connectivity index (χ2n) is 7.76. The first-order chi connectivity index (χ1) is 15.5. The average Bonchev–Trinajstić information content (AvgIpc) is 3.41. The normalized spacial score (nSPS) is 22.3. The molecule has 0 bridgehead atoms. The molecule has 4 rings (SSSR count). The molecule has 2 atom stereocenters. The molecule has 0 saturated carbocycles. The number of ether oxygens (including phenoxy) is 2. The minimum Gasteiger partial charge on any atom is -0.507 e. The van der Waals surface area contributed by atoms with Gasteiger partial charge in [-0.2, -0.15) is 0 Å². The maximum atomic E-state index is 13.1. The van der Waals surface area contributed by atoms with Crippen LogP contribution in [0.15, 0.2) is 71.2 Å². The molecule has 2 aliphatic rings. The van der Waals surface area contributed by atoms with Crippen LogP contribution < -0.4 is 4.74 Å². The number of carbonyl (C=O) groups is 2. The summed E-state index contributed by atoms with van der Waals surface area (Å²) in [5, 5.41) is 11.1.